The Balaban J connectivity index is 1.75. The van der Waals surface area contributed by atoms with Crippen molar-refractivity contribution in [3.8, 4) is 0 Å². The summed E-state index contributed by atoms with van der Waals surface area (Å²) in [7, 11) is 0. The van der Waals surface area contributed by atoms with Crippen LogP contribution in [0.15, 0.2) is 22.6 Å². The van der Waals surface area contributed by atoms with Crippen LogP contribution in [0.2, 0.25) is 0 Å². The number of ether oxygens (including phenoxy) is 1. The first-order chi connectivity index (χ1) is 9.74. The Morgan fingerprint density at radius 1 is 1.40 bits per heavy atom. The van der Waals surface area contributed by atoms with Crippen LogP contribution >= 0.6 is 0 Å². The number of aromatic nitrogens is 1. The first-order valence-corrected chi connectivity index (χ1v) is 6.97. The van der Waals surface area contributed by atoms with Gasteiger partial charge in [-0.1, -0.05) is 6.07 Å². The Labute approximate surface area is 116 Å². The van der Waals surface area contributed by atoms with Gasteiger partial charge < -0.3 is 14.3 Å². The van der Waals surface area contributed by atoms with Crippen molar-refractivity contribution >= 4 is 17.1 Å². The molecule has 0 saturated carbocycles. The third kappa shape index (κ3) is 2.67. The fraction of sp³-hybridized carbons (Fsp3) is 0.467. The summed E-state index contributed by atoms with van der Waals surface area (Å²) >= 11 is 0. The maximum atomic E-state index is 11.1. The number of carboxylic acids is 1. The zero-order chi connectivity index (χ0) is 13.9. The highest BCUT2D eigenvalue weighted by molar-refractivity contribution is 6.00. The number of oxazole rings is 1. The molecule has 0 amide bonds. The van der Waals surface area contributed by atoms with E-state index in [2.05, 4.69) is 4.98 Å². The number of hydrogen-bond donors (Lipinski definition) is 1. The fourth-order valence-electron chi connectivity index (χ4n) is 2.59. The van der Waals surface area contributed by atoms with Gasteiger partial charge >= 0.3 is 5.97 Å². The number of para-hydroxylation sites is 1. The average Bonchev–Trinajstić information content (AvgIpc) is 2.88. The van der Waals surface area contributed by atoms with Crippen molar-refractivity contribution in [2.24, 2.45) is 0 Å². The van der Waals surface area contributed by atoms with Gasteiger partial charge in [-0.25, -0.2) is 9.78 Å². The van der Waals surface area contributed by atoms with E-state index in [4.69, 9.17) is 14.3 Å². The summed E-state index contributed by atoms with van der Waals surface area (Å²) in [6.45, 7) is 0.835. The van der Waals surface area contributed by atoms with Gasteiger partial charge in [0.25, 0.3) is 0 Å². The van der Waals surface area contributed by atoms with Crippen LogP contribution in [0.3, 0.4) is 0 Å². The Kier molecular flexibility index (Phi) is 3.69. The molecule has 5 heteroatoms. The minimum absolute atomic E-state index is 0.186. The van der Waals surface area contributed by atoms with Crippen molar-refractivity contribution < 1.29 is 19.1 Å². The predicted octanol–water partition coefficient (Wildman–Crippen LogP) is 3.03. The van der Waals surface area contributed by atoms with E-state index >= 15 is 0 Å². The maximum Gasteiger partial charge on any atom is 0.338 e. The highest BCUT2D eigenvalue weighted by Crippen LogP contribution is 2.22. The summed E-state index contributed by atoms with van der Waals surface area (Å²) in [6, 6.07) is 4.96. The second kappa shape index (κ2) is 5.63. The largest absolute Gasteiger partial charge is 0.478 e. The van der Waals surface area contributed by atoms with Crippen molar-refractivity contribution in [2.45, 2.75) is 38.2 Å². The molecule has 0 bridgehead atoms. The number of carboxylic acid groups (broad SMARTS) is 1. The van der Waals surface area contributed by atoms with Crippen molar-refractivity contribution in [1.82, 2.24) is 4.98 Å². The second-order valence-electron chi connectivity index (χ2n) is 5.09. The van der Waals surface area contributed by atoms with E-state index < -0.39 is 5.97 Å². The van der Waals surface area contributed by atoms with Crippen molar-refractivity contribution in [2.75, 3.05) is 6.61 Å². The molecule has 1 aliphatic rings. The van der Waals surface area contributed by atoms with Crippen LogP contribution in [0.1, 0.15) is 41.9 Å². The monoisotopic (exact) mass is 275 g/mol. The number of carbonyl (C=O) groups is 1. The summed E-state index contributed by atoms with van der Waals surface area (Å²) < 4.78 is 11.3. The number of aryl methyl sites for hydroxylation is 1. The van der Waals surface area contributed by atoms with E-state index in [1.54, 1.807) is 18.2 Å². The zero-order valence-corrected chi connectivity index (χ0v) is 11.2. The molecule has 20 heavy (non-hydrogen) atoms. The topological polar surface area (TPSA) is 72.6 Å². The Bertz CT molecular complexity index is 613. The normalized spacial score (nSPS) is 19.3. The SMILES string of the molecule is O=C(O)c1cccc2oc(CCC3CCCCO3)nc12. The third-order valence-electron chi connectivity index (χ3n) is 3.65. The average molecular weight is 275 g/mol. The summed E-state index contributed by atoms with van der Waals surface area (Å²) in [6.07, 6.45) is 5.26. The number of rotatable bonds is 4. The lowest BCUT2D eigenvalue weighted by Gasteiger charge is -2.21. The molecule has 1 saturated heterocycles. The standard InChI is InChI=1S/C15H17NO4/c17-15(18)11-5-3-6-12-14(11)16-13(20-12)8-7-10-4-1-2-9-19-10/h3,5-6,10H,1-2,4,7-9H2,(H,17,18). The molecule has 106 valence electrons. The summed E-state index contributed by atoms with van der Waals surface area (Å²) in [5.41, 5.74) is 1.15. The van der Waals surface area contributed by atoms with Crippen LogP contribution < -0.4 is 0 Å². The highest BCUT2D eigenvalue weighted by atomic mass is 16.5. The van der Waals surface area contributed by atoms with Crippen LogP contribution in [0.5, 0.6) is 0 Å². The van der Waals surface area contributed by atoms with E-state index in [9.17, 15) is 4.79 Å². The third-order valence-corrected chi connectivity index (χ3v) is 3.65. The molecule has 1 unspecified atom stereocenters. The molecule has 1 atom stereocenters. The van der Waals surface area contributed by atoms with Crippen LogP contribution in [0.25, 0.3) is 11.1 Å². The molecule has 0 aliphatic carbocycles. The van der Waals surface area contributed by atoms with Gasteiger partial charge in [0, 0.05) is 13.0 Å². The Morgan fingerprint density at radius 2 is 2.30 bits per heavy atom. The zero-order valence-electron chi connectivity index (χ0n) is 11.2. The molecule has 1 aliphatic heterocycles. The van der Waals surface area contributed by atoms with Crippen LogP contribution in [-0.2, 0) is 11.2 Å². The van der Waals surface area contributed by atoms with Gasteiger partial charge in [0.1, 0.15) is 5.52 Å². The van der Waals surface area contributed by atoms with Crippen LogP contribution in [-0.4, -0.2) is 28.8 Å². The molecule has 1 fully saturated rings. The van der Waals surface area contributed by atoms with Gasteiger partial charge in [-0.05, 0) is 37.8 Å². The number of fused-ring (bicyclic) bond motifs is 1. The minimum Gasteiger partial charge on any atom is -0.478 e. The minimum atomic E-state index is -0.980. The number of aromatic carboxylic acids is 1. The highest BCUT2D eigenvalue weighted by Gasteiger charge is 2.17. The van der Waals surface area contributed by atoms with Crippen molar-refractivity contribution in [3.63, 3.8) is 0 Å². The molecule has 0 spiro atoms. The molecule has 0 radical (unpaired) electrons. The quantitative estimate of drug-likeness (QED) is 0.928. The predicted molar refractivity (Wildman–Crippen MR) is 72.9 cm³/mol. The van der Waals surface area contributed by atoms with Gasteiger partial charge in [-0.3, -0.25) is 0 Å². The van der Waals surface area contributed by atoms with Crippen molar-refractivity contribution in [3.05, 3.63) is 29.7 Å². The molecule has 5 nitrogen and oxygen atoms in total. The van der Waals surface area contributed by atoms with Gasteiger partial charge in [-0.15, -0.1) is 0 Å². The van der Waals surface area contributed by atoms with E-state index in [-0.39, 0.29) is 11.7 Å². The van der Waals surface area contributed by atoms with Crippen molar-refractivity contribution in [1.29, 1.82) is 0 Å². The lowest BCUT2D eigenvalue weighted by Crippen LogP contribution is -2.19. The molecule has 1 aromatic heterocycles. The molecule has 3 rings (SSSR count). The molecule has 2 heterocycles. The van der Waals surface area contributed by atoms with E-state index in [1.807, 2.05) is 0 Å². The van der Waals surface area contributed by atoms with E-state index in [0.717, 1.165) is 25.9 Å². The molecule has 2 aromatic rings. The van der Waals surface area contributed by atoms with Gasteiger partial charge in [0.05, 0.1) is 11.7 Å². The first kappa shape index (κ1) is 13.1. The van der Waals surface area contributed by atoms with E-state index in [0.29, 0.717) is 23.4 Å². The van der Waals surface area contributed by atoms with Gasteiger partial charge in [0.15, 0.2) is 11.5 Å². The first-order valence-electron chi connectivity index (χ1n) is 6.97. The van der Waals surface area contributed by atoms with E-state index in [1.165, 1.54) is 6.42 Å². The van der Waals surface area contributed by atoms with Crippen LogP contribution in [0, 0.1) is 0 Å². The molecule has 1 N–H and O–H groups in total. The van der Waals surface area contributed by atoms with Crippen LogP contribution in [0.4, 0.5) is 0 Å². The van der Waals surface area contributed by atoms with Gasteiger partial charge in [0.2, 0.25) is 0 Å². The Morgan fingerprint density at radius 3 is 3.05 bits per heavy atom. The lowest BCUT2D eigenvalue weighted by molar-refractivity contribution is 0.0106. The molecular weight excluding hydrogens is 258 g/mol. The number of hydrogen-bond acceptors (Lipinski definition) is 4. The summed E-state index contributed by atoms with van der Waals surface area (Å²) in [4.78, 5) is 15.4. The summed E-state index contributed by atoms with van der Waals surface area (Å²) in [5.74, 6) is -0.395. The Hall–Kier alpha value is -1.88. The number of benzene rings is 1. The molecular formula is C15H17NO4. The summed E-state index contributed by atoms with van der Waals surface area (Å²) in [5, 5.41) is 9.12. The smallest absolute Gasteiger partial charge is 0.338 e. The van der Waals surface area contributed by atoms with Gasteiger partial charge in [-0.2, -0.15) is 0 Å². The fourth-order valence-corrected chi connectivity index (χ4v) is 2.59. The maximum absolute atomic E-state index is 11.1. The molecule has 1 aromatic carbocycles. The second-order valence-corrected chi connectivity index (χ2v) is 5.09. The lowest BCUT2D eigenvalue weighted by atomic mass is 10.0. The number of nitrogens with zero attached hydrogens (tertiary/aromatic N) is 1.